The second kappa shape index (κ2) is 5.19. The SMILES string of the molecule is C=C(C)[C@@H]1C[C@H]2O[C@@]2(C)[C@@H](O)[C@H]1CO[Si](C)(C)C(C)(C)C. The molecule has 2 rings (SSSR count). The predicted molar refractivity (Wildman–Crippen MR) is 88.8 cm³/mol. The fraction of sp³-hybridized carbons (Fsp3) is 0.882. The Morgan fingerprint density at radius 3 is 2.48 bits per heavy atom. The van der Waals surface area contributed by atoms with Gasteiger partial charge in [-0.3, -0.25) is 0 Å². The summed E-state index contributed by atoms with van der Waals surface area (Å²) in [6, 6.07) is 0. The molecule has 21 heavy (non-hydrogen) atoms. The zero-order chi connectivity index (χ0) is 16.2. The van der Waals surface area contributed by atoms with E-state index >= 15 is 0 Å². The first kappa shape index (κ1) is 17.2. The Labute approximate surface area is 130 Å². The molecule has 1 saturated heterocycles. The number of epoxide rings is 1. The van der Waals surface area contributed by atoms with Crippen LogP contribution in [0.1, 0.15) is 41.0 Å². The van der Waals surface area contributed by atoms with Gasteiger partial charge in [-0.2, -0.15) is 0 Å². The van der Waals surface area contributed by atoms with Gasteiger partial charge in [0.15, 0.2) is 8.32 Å². The maximum Gasteiger partial charge on any atom is 0.191 e. The third-order valence-corrected chi connectivity index (χ3v) is 10.5. The Kier molecular flexibility index (Phi) is 4.25. The standard InChI is InChI=1S/C17H32O3Si/c1-11(2)12-9-14-17(6,20-14)15(18)13(12)10-19-21(7,8)16(3,4)5/h12-15,18H,1,9-10H2,2-8H3/t12-,13-,14+,15-,17+/m0/s1. The van der Waals surface area contributed by atoms with Gasteiger partial charge >= 0.3 is 0 Å². The van der Waals surface area contributed by atoms with Crippen LogP contribution in [0, 0.1) is 11.8 Å². The zero-order valence-electron chi connectivity index (χ0n) is 14.7. The van der Waals surface area contributed by atoms with Crippen molar-refractivity contribution in [1.82, 2.24) is 0 Å². The van der Waals surface area contributed by atoms with Gasteiger partial charge in [-0.25, -0.2) is 0 Å². The molecule has 0 spiro atoms. The molecule has 0 unspecified atom stereocenters. The summed E-state index contributed by atoms with van der Waals surface area (Å²) in [5, 5.41) is 10.9. The molecule has 122 valence electrons. The number of allylic oxidation sites excluding steroid dienone is 1. The fourth-order valence-electron chi connectivity index (χ4n) is 3.16. The molecule has 0 aromatic heterocycles. The first-order chi connectivity index (χ1) is 9.40. The first-order valence-electron chi connectivity index (χ1n) is 8.05. The minimum Gasteiger partial charge on any atom is -0.416 e. The lowest BCUT2D eigenvalue weighted by Crippen LogP contribution is -2.50. The average molecular weight is 313 g/mol. The number of ether oxygens (including phenoxy) is 1. The lowest BCUT2D eigenvalue weighted by atomic mass is 9.70. The molecule has 1 aliphatic heterocycles. The van der Waals surface area contributed by atoms with Crippen molar-refractivity contribution in [3.63, 3.8) is 0 Å². The largest absolute Gasteiger partial charge is 0.416 e. The van der Waals surface area contributed by atoms with Crippen LogP contribution < -0.4 is 0 Å². The Hall–Kier alpha value is -0.163. The van der Waals surface area contributed by atoms with E-state index in [1.54, 1.807) is 0 Å². The number of aliphatic hydroxyl groups is 1. The van der Waals surface area contributed by atoms with Crippen molar-refractivity contribution >= 4 is 8.32 Å². The average Bonchev–Trinajstić information content (AvgIpc) is 2.98. The number of hydrogen-bond donors (Lipinski definition) is 1. The molecule has 1 saturated carbocycles. The van der Waals surface area contributed by atoms with Crippen molar-refractivity contribution in [1.29, 1.82) is 0 Å². The molecule has 1 aliphatic carbocycles. The molecule has 0 radical (unpaired) electrons. The molecular formula is C17H32O3Si. The number of fused-ring (bicyclic) bond motifs is 1. The van der Waals surface area contributed by atoms with Gasteiger partial charge in [0.25, 0.3) is 0 Å². The normalized spacial score (nSPS) is 39.8. The molecule has 3 nitrogen and oxygen atoms in total. The van der Waals surface area contributed by atoms with Crippen LogP contribution in [0.5, 0.6) is 0 Å². The second-order valence-corrected chi connectivity index (χ2v) is 13.5. The summed E-state index contributed by atoms with van der Waals surface area (Å²) in [4.78, 5) is 0. The summed E-state index contributed by atoms with van der Waals surface area (Å²) in [6.45, 7) is 20.1. The van der Waals surface area contributed by atoms with Crippen LogP contribution in [0.4, 0.5) is 0 Å². The summed E-state index contributed by atoms with van der Waals surface area (Å²) in [7, 11) is -1.80. The Morgan fingerprint density at radius 1 is 1.43 bits per heavy atom. The minimum absolute atomic E-state index is 0.0976. The highest BCUT2D eigenvalue weighted by Crippen LogP contribution is 2.53. The van der Waals surface area contributed by atoms with E-state index in [0.29, 0.717) is 12.5 Å². The highest BCUT2D eigenvalue weighted by Gasteiger charge is 2.64. The van der Waals surface area contributed by atoms with Crippen LogP contribution in [0.2, 0.25) is 18.1 Å². The van der Waals surface area contributed by atoms with Crippen molar-refractivity contribution in [2.75, 3.05) is 6.61 Å². The number of aliphatic hydroxyl groups excluding tert-OH is 1. The number of hydrogen-bond acceptors (Lipinski definition) is 3. The molecule has 4 heteroatoms. The summed E-state index contributed by atoms with van der Waals surface area (Å²) >= 11 is 0. The van der Waals surface area contributed by atoms with E-state index in [2.05, 4.69) is 47.4 Å². The van der Waals surface area contributed by atoms with Crippen LogP contribution in [0.25, 0.3) is 0 Å². The van der Waals surface area contributed by atoms with E-state index in [0.717, 1.165) is 12.0 Å². The van der Waals surface area contributed by atoms with Crippen LogP contribution in [0.3, 0.4) is 0 Å². The summed E-state index contributed by atoms with van der Waals surface area (Å²) in [5.41, 5.74) is 0.781. The zero-order valence-corrected chi connectivity index (χ0v) is 15.7. The molecule has 0 aromatic carbocycles. The Morgan fingerprint density at radius 2 is 2.00 bits per heavy atom. The molecule has 2 aliphatic rings. The Balaban J connectivity index is 2.10. The van der Waals surface area contributed by atoms with E-state index in [1.807, 2.05) is 6.92 Å². The van der Waals surface area contributed by atoms with Gasteiger partial charge in [0.1, 0.15) is 5.60 Å². The highest BCUT2D eigenvalue weighted by molar-refractivity contribution is 6.74. The summed E-state index contributed by atoms with van der Waals surface area (Å²) in [6.07, 6.45) is 0.704. The maximum absolute atomic E-state index is 10.7. The third-order valence-electron chi connectivity index (χ3n) is 6.03. The summed E-state index contributed by atoms with van der Waals surface area (Å²) < 4.78 is 12.1. The molecule has 0 aromatic rings. The third kappa shape index (κ3) is 3.00. The second-order valence-electron chi connectivity index (χ2n) is 8.66. The predicted octanol–water partition coefficient (Wildman–Crippen LogP) is 3.74. The fourth-order valence-corrected chi connectivity index (χ4v) is 4.20. The molecule has 0 amide bonds. The van der Waals surface area contributed by atoms with Crippen molar-refractivity contribution < 1.29 is 14.3 Å². The number of rotatable bonds is 4. The molecule has 1 heterocycles. The van der Waals surface area contributed by atoms with Gasteiger partial charge in [0.2, 0.25) is 0 Å². The molecular weight excluding hydrogens is 280 g/mol. The quantitative estimate of drug-likeness (QED) is 0.488. The van der Waals surface area contributed by atoms with Gasteiger partial charge in [0.05, 0.1) is 12.2 Å². The lowest BCUT2D eigenvalue weighted by Gasteiger charge is -2.41. The van der Waals surface area contributed by atoms with E-state index in [-0.39, 0.29) is 22.7 Å². The van der Waals surface area contributed by atoms with Crippen molar-refractivity contribution in [3.8, 4) is 0 Å². The van der Waals surface area contributed by atoms with E-state index in [9.17, 15) is 5.11 Å². The Bertz CT molecular complexity index is 426. The molecule has 0 bridgehead atoms. The molecule has 5 atom stereocenters. The van der Waals surface area contributed by atoms with Crippen molar-refractivity contribution in [2.45, 2.75) is 77.0 Å². The van der Waals surface area contributed by atoms with E-state index in [4.69, 9.17) is 9.16 Å². The first-order valence-corrected chi connectivity index (χ1v) is 11.0. The van der Waals surface area contributed by atoms with Crippen molar-refractivity contribution in [2.24, 2.45) is 11.8 Å². The minimum atomic E-state index is -1.80. The molecule has 1 N–H and O–H groups in total. The smallest absolute Gasteiger partial charge is 0.191 e. The van der Waals surface area contributed by atoms with Gasteiger partial charge < -0.3 is 14.3 Å². The molecule has 2 fully saturated rings. The summed E-state index contributed by atoms with van der Waals surface area (Å²) in [5.74, 6) is 0.394. The van der Waals surface area contributed by atoms with Crippen LogP contribution in [0.15, 0.2) is 12.2 Å². The van der Waals surface area contributed by atoms with Crippen LogP contribution in [-0.4, -0.2) is 37.8 Å². The van der Waals surface area contributed by atoms with E-state index in [1.165, 1.54) is 0 Å². The van der Waals surface area contributed by atoms with Gasteiger partial charge in [-0.05, 0) is 44.3 Å². The van der Waals surface area contributed by atoms with Gasteiger partial charge in [-0.15, -0.1) is 0 Å². The van der Waals surface area contributed by atoms with E-state index < -0.39 is 14.4 Å². The van der Waals surface area contributed by atoms with Crippen molar-refractivity contribution in [3.05, 3.63) is 12.2 Å². The van der Waals surface area contributed by atoms with Crippen LogP contribution >= 0.6 is 0 Å². The van der Waals surface area contributed by atoms with Gasteiger partial charge in [-0.1, -0.05) is 32.9 Å². The van der Waals surface area contributed by atoms with Gasteiger partial charge in [0, 0.05) is 12.5 Å². The topological polar surface area (TPSA) is 42.0 Å². The van der Waals surface area contributed by atoms with Crippen LogP contribution in [-0.2, 0) is 9.16 Å². The monoisotopic (exact) mass is 312 g/mol. The highest BCUT2D eigenvalue weighted by atomic mass is 28.4. The maximum atomic E-state index is 10.7. The lowest BCUT2D eigenvalue weighted by molar-refractivity contribution is -0.0119.